The van der Waals surface area contributed by atoms with Crippen molar-refractivity contribution >= 4 is 46.0 Å². The van der Waals surface area contributed by atoms with Crippen molar-refractivity contribution in [2.45, 2.75) is 26.2 Å². The summed E-state index contributed by atoms with van der Waals surface area (Å²) in [6.07, 6.45) is 2.43. The van der Waals surface area contributed by atoms with Crippen LogP contribution < -0.4 is 10.2 Å². The first kappa shape index (κ1) is 18.3. The third-order valence-electron chi connectivity index (χ3n) is 4.97. The van der Waals surface area contributed by atoms with Crippen molar-refractivity contribution in [2.75, 3.05) is 24.5 Å². The fourth-order valence-electron chi connectivity index (χ4n) is 3.36. The summed E-state index contributed by atoms with van der Waals surface area (Å²) in [5.41, 5.74) is 4.40. The summed E-state index contributed by atoms with van der Waals surface area (Å²) in [6, 6.07) is 6.04. The molecule has 1 fully saturated rings. The number of hydrogen-bond donors (Lipinski definition) is 1. The van der Waals surface area contributed by atoms with Gasteiger partial charge in [0.05, 0.1) is 11.2 Å². The number of halogens is 1. The van der Waals surface area contributed by atoms with E-state index in [1.165, 1.54) is 4.88 Å². The van der Waals surface area contributed by atoms with E-state index in [2.05, 4.69) is 20.2 Å². The molecular formula is C19H21ClN4O2S. The Balaban J connectivity index is 1.28. The number of hydrogen-bond acceptors (Lipinski definition) is 6. The van der Waals surface area contributed by atoms with Crippen LogP contribution in [0.3, 0.4) is 0 Å². The molecular weight excluding hydrogens is 384 g/mol. The number of benzene rings is 1. The van der Waals surface area contributed by atoms with Crippen molar-refractivity contribution < 1.29 is 9.21 Å². The van der Waals surface area contributed by atoms with Crippen LogP contribution in [-0.4, -0.2) is 35.5 Å². The lowest BCUT2D eigenvalue weighted by Crippen LogP contribution is -2.41. The van der Waals surface area contributed by atoms with Crippen molar-refractivity contribution in [1.29, 1.82) is 0 Å². The third kappa shape index (κ3) is 4.09. The molecule has 0 radical (unpaired) electrons. The van der Waals surface area contributed by atoms with Gasteiger partial charge in [-0.2, -0.15) is 4.98 Å². The Hall–Kier alpha value is -2.12. The highest BCUT2D eigenvalue weighted by molar-refractivity contribution is 7.09. The van der Waals surface area contributed by atoms with Gasteiger partial charge in [-0.25, -0.2) is 4.98 Å². The van der Waals surface area contributed by atoms with Gasteiger partial charge < -0.3 is 14.6 Å². The molecule has 1 N–H and O–H groups in total. The lowest BCUT2D eigenvalue weighted by atomic mass is 9.96. The third-order valence-corrected chi connectivity index (χ3v) is 6.20. The van der Waals surface area contributed by atoms with E-state index in [-0.39, 0.29) is 11.8 Å². The number of carbonyl (C=O) groups is 1. The fraction of sp³-hybridized carbons (Fsp3) is 0.421. The van der Waals surface area contributed by atoms with Gasteiger partial charge in [-0.15, -0.1) is 11.3 Å². The second-order valence-electron chi connectivity index (χ2n) is 6.77. The highest BCUT2D eigenvalue weighted by Gasteiger charge is 2.27. The maximum absolute atomic E-state index is 12.4. The number of amides is 1. The number of oxazole rings is 1. The number of aryl methyl sites for hydroxylation is 1. The van der Waals surface area contributed by atoms with Crippen LogP contribution in [0, 0.1) is 12.8 Å². The van der Waals surface area contributed by atoms with Crippen molar-refractivity contribution in [2.24, 2.45) is 5.92 Å². The number of nitrogens with zero attached hydrogens (tertiary/aromatic N) is 3. The molecule has 0 aliphatic carbocycles. The first-order chi connectivity index (χ1) is 13.1. The molecule has 27 heavy (non-hydrogen) atoms. The average molecular weight is 405 g/mol. The molecule has 1 aliphatic rings. The molecule has 0 atom stereocenters. The largest absolute Gasteiger partial charge is 0.423 e. The van der Waals surface area contributed by atoms with E-state index in [1.54, 1.807) is 23.5 Å². The van der Waals surface area contributed by atoms with Crippen LogP contribution in [0.4, 0.5) is 6.01 Å². The van der Waals surface area contributed by atoms with Crippen LogP contribution in [0.5, 0.6) is 0 Å². The summed E-state index contributed by atoms with van der Waals surface area (Å²) in [6.45, 7) is 4.18. The minimum absolute atomic E-state index is 0.0441. The molecule has 2 aromatic heterocycles. The predicted octanol–water partition coefficient (Wildman–Crippen LogP) is 3.82. The number of thiazole rings is 1. The van der Waals surface area contributed by atoms with E-state index in [9.17, 15) is 4.79 Å². The number of anilines is 1. The van der Waals surface area contributed by atoms with Gasteiger partial charge in [0.15, 0.2) is 5.58 Å². The van der Waals surface area contributed by atoms with Crippen LogP contribution in [0.2, 0.25) is 5.02 Å². The van der Waals surface area contributed by atoms with Crippen molar-refractivity contribution in [3.63, 3.8) is 0 Å². The number of piperidine rings is 1. The average Bonchev–Trinajstić information content (AvgIpc) is 3.27. The SMILES string of the molecule is Cc1ncsc1CCNC(=O)C1CCN(c2nc3ccc(Cl)cc3o2)CC1. The highest BCUT2D eigenvalue weighted by atomic mass is 35.5. The first-order valence-corrected chi connectivity index (χ1v) is 10.3. The smallest absolute Gasteiger partial charge is 0.298 e. The van der Waals surface area contributed by atoms with Crippen LogP contribution in [0.25, 0.3) is 11.1 Å². The summed E-state index contributed by atoms with van der Waals surface area (Å²) >= 11 is 7.64. The topological polar surface area (TPSA) is 71.3 Å². The Kier molecular flexibility index (Phi) is 5.31. The molecule has 1 amide bonds. The van der Waals surface area contributed by atoms with Crippen LogP contribution >= 0.6 is 22.9 Å². The predicted molar refractivity (Wildman–Crippen MR) is 108 cm³/mol. The molecule has 1 aliphatic heterocycles. The maximum atomic E-state index is 12.4. The monoisotopic (exact) mass is 404 g/mol. The lowest BCUT2D eigenvalue weighted by molar-refractivity contribution is -0.125. The fourth-order valence-corrected chi connectivity index (χ4v) is 4.31. The summed E-state index contributed by atoms with van der Waals surface area (Å²) in [7, 11) is 0. The molecule has 142 valence electrons. The number of aromatic nitrogens is 2. The van der Waals surface area contributed by atoms with Crippen molar-refractivity contribution in [3.05, 3.63) is 39.3 Å². The molecule has 3 aromatic rings. The molecule has 4 rings (SSSR count). The Labute approximate surface area is 166 Å². The van der Waals surface area contributed by atoms with Gasteiger partial charge in [0.1, 0.15) is 5.52 Å². The Morgan fingerprint density at radius 1 is 1.41 bits per heavy atom. The van der Waals surface area contributed by atoms with Gasteiger partial charge in [0.2, 0.25) is 5.91 Å². The summed E-state index contributed by atoms with van der Waals surface area (Å²) in [5, 5.41) is 3.70. The summed E-state index contributed by atoms with van der Waals surface area (Å²) in [5.74, 6) is 0.184. The number of fused-ring (bicyclic) bond motifs is 1. The molecule has 0 bridgehead atoms. The maximum Gasteiger partial charge on any atom is 0.298 e. The Bertz CT molecular complexity index is 946. The summed E-state index contributed by atoms with van der Waals surface area (Å²) < 4.78 is 5.83. The molecule has 3 heterocycles. The molecule has 8 heteroatoms. The van der Waals surface area contributed by atoms with E-state index in [4.69, 9.17) is 16.0 Å². The van der Waals surface area contributed by atoms with Crippen LogP contribution in [0.1, 0.15) is 23.4 Å². The first-order valence-electron chi connectivity index (χ1n) is 9.08. The zero-order valence-electron chi connectivity index (χ0n) is 15.1. The molecule has 0 spiro atoms. The molecule has 6 nitrogen and oxygen atoms in total. The van der Waals surface area contributed by atoms with E-state index in [0.29, 0.717) is 23.2 Å². The van der Waals surface area contributed by atoms with E-state index in [1.807, 2.05) is 18.5 Å². The Morgan fingerprint density at radius 3 is 2.96 bits per heavy atom. The quantitative estimate of drug-likeness (QED) is 0.699. The molecule has 0 unspecified atom stereocenters. The number of nitrogens with one attached hydrogen (secondary N) is 1. The van der Waals surface area contributed by atoms with E-state index < -0.39 is 0 Å². The molecule has 0 saturated carbocycles. The number of rotatable bonds is 5. The standard InChI is InChI=1S/C19H21ClN4O2S/c1-12-17(27-11-22-12)4-7-21-18(25)13-5-8-24(9-6-13)19-23-15-3-2-14(20)10-16(15)26-19/h2-3,10-11,13H,4-9H2,1H3,(H,21,25). The van der Waals surface area contributed by atoms with Crippen LogP contribution in [-0.2, 0) is 11.2 Å². The van der Waals surface area contributed by atoms with Gasteiger partial charge in [0.25, 0.3) is 6.01 Å². The van der Waals surface area contributed by atoms with Gasteiger partial charge in [-0.3, -0.25) is 4.79 Å². The van der Waals surface area contributed by atoms with E-state index in [0.717, 1.165) is 43.6 Å². The zero-order chi connectivity index (χ0) is 18.8. The lowest BCUT2D eigenvalue weighted by Gasteiger charge is -2.30. The van der Waals surface area contributed by atoms with Crippen LogP contribution in [0.15, 0.2) is 28.1 Å². The normalized spacial score (nSPS) is 15.4. The minimum Gasteiger partial charge on any atom is -0.423 e. The van der Waals surface area contributed by atoms with E-state index >= 15 is 0 Å². The second kappa shape index (κ2) is 7.86. The minimum atomic E-state index is 0.0441. The van der Waals surface area contributed by atoms with Gasteiger partial charge in [-0.1, -0.05) is 11.6 Å². The second-order valence-corrected chi connectivity index (χ2v) is 8.15. The highest BCUT2D eigenvalue weighted by Crippen LogP contribution is 2.28. The molecule has 1 aromatic carbocycles. The van der Waals surface area contributed by atoms with Gasteiger partial charge in [0, 0.05) is 47.9 Å². The van der Waals surface area contributed by atoms with Crippen molar-refractivity contribution in [3.8, 4) is 0 Å². The van der Waals surface area contributed by atoms with Crippen molar-refractivity contribution in [1.82, 2.24) is 15.3 Å². The Morgan fingerprint density at radius 2 is 2.22 bits per heavy atom. The van der Waals surface area contributed by atoms with Gasteiger partial charge in [-0.05, 0) is 31.9 Å². The summed E-state index contributed by atoms with van der Waals surface area (Å²) in [4.78, 5) is 24.5. The van der Waals surface area contributed by atoms with Gasteiger partial charge >= 0.3 is 0 Å². The molecule has 1 saturated heterocycles. The zero-order valence-corrected chi connectivity index (χ0v) is 16.6. The number of carbonyl (C=O) groups excluding carboxylic acids is 1.